The average Bonchev–Trinajstić information content (AvgIpc) is 2.28. The second-order valence-electron chi connectivity index (χ2n) is 5.55. The third-order valence-electron chi connectivity index (χ3n) is 2.35. The van der Waals surface area contributed by atoms with Crippen molar-refractivity contribution in [1.82, 2.24) is 0 Å². The molecule has 0 saturated carbocycles. The molecule has 0 heterocycles. The first-order chi connectivity index (χ1) is 8.61. The van der Waals surface area contributed by atoms with Crippen LogP contribution < -0.4 is 0 Å². The van der Waals surface area contributed by atoms with Gasteiger partial charge in [-0.3, -0.25) is 10.1 Å². The van der Waals surface area contributed by atoms with Crippen LogP contribution >= 0.6 is 0 Å². The van der Waals surface area contributed by atoms with Gasteiger partial charge in [0.05, 0.1) is 11.5 Å². The molecule has 1 N–H and O–H groups in total. The Balaban J connectivity index is 3.05. The second kappa shape index (κ2) is 5.26. The molecule has 0 aliphatic rings. The maximum atomic E-state index is 11.8. The van der Waals surface area contributed by atoms with Crippen molar-refractivity contribution in [3.63, 3.8) is 0 Å². The number of rotatable bonds is 3. The highest BCUT2D eigenvalue weighted by atomic mass is 16.6. The number of nitro groups is 1. The zero-order chi connectivity index (χ0) is 14.8. The zero-order valence-electron chi connectivity index (χ0n) is 11.4. The van der Waals surface area contributed by atoms with E-state index in [0.717, 1.165) is 6.07 Å². The van der Waals surface area contributed by atoms with Crippen LogP contribution in [0.5, 0.6) is 5.75 Å². The summed E-state index contributed by atoms with van der Waals surface area (Å²) in [6.07, 6.45) is 0. The van der Waals surface area contributed by atoms with E-state index >= 15 is 0 Å². The van der Waals surface area contributed by atoms with E-state index in [-0.39, 0.29) is 34.6 Å². The van der Waals surface area contributed by atoms with Crippen molar-refractivity contribution in [2.24, 2.45) is 5.41 Å². The number of hydrogen-bond donors (Lipinski definition) is 1. The summed E-state index contributed by atoms with van der Waals surface area (Å²) in [7, 11) is 0. The Labute approximate surface area is 111 Å². The van der Waals surface area contributed by atoms with Gasteiger partial charge in [-0.1, -0.05) is 20.8 Å². The molecule has 0 saturated heterocycles. The predicted octanol–water partition coefficient (Wildman–Crippen LogP) is 2.81. The van der Waals surface area contributed by atoms with E-state index in [9.17, 15) is 20.0 Å². The van der Waals surface area contributed by atoms with E-state index in [1.165, 1.54) is 13.0 Å². The molecule has 104 valence electrons. The number of phenolic OH excluding ortho intramolecular Hbond substituents is 1. The fourth-order valence-corrected chi connectivity index (χ4v) is 1.38. The molecule has 0 fully saturated rings. The molecule has 1 aromatic carbocycles. The van der Waals surface area contributed by atoms with Crippen LogP contribution in [-0.2, 0) is 4.74 Å². The van der Waals surface area contributed by atoms with Crippen molar-refractivity contribution in [3.05, 3.63) is 33.4 Å². The van der Waals surface area contributed by atoms with E-state index in [2.05, 4.69) is 0 Å². The van der Waals surface area contributed by atoms with E-state index in [4.69, 9.17) is 4.74 Å². The summed E-state index contributed by atoms with van der Waals surface area (Å²) in [5.41, 5.74) is -0.396. The van der Waals surface area contributed by atoms with Gasteiger partial charge < -0.3 is 9.84 Å². The Morgan fingerprint density at radius 2 is 2.00 bits per heavy atom. The Bertz CT molecular complexity index is 517. The van der Waals surface area contributed by atoms with Crippen molar-refractivity contribution in [3.8, 4) is 5.75 Å². The monoisotopic (exact) mass is 267 g/mol. The molecule has 0 amide bonds. The van der Waals surface area contributed by atoms with Gasteiger partial charge in [0, 0.05) is 12.1 Å². The molecule has 1 rings (SSSR count). The number of nitro benzene ring substituents is 1. The van der Waals surface area contributed by atoms with Crippen molar-refractivity contribution in [2.45, 2.75) is 27.7 Å². The molecule has 1 aromatic rings. The first-order valence-corrected chi connectivity index (χ1v) is 5.77. The topological polar surface area (TPSA) is 89.7 Å². The predicted molar refractivity (Wildman–Crippen MR) is 69.2 cm³/mol. The summed E-state index contributed by atoms with van der Waals surface area (Å²) < 4.78 is 5.04. The van der Waals surface area contributed by atoms with Gasteiger partial charge in [-0.25, -0.2) is 4.79 Å². The van der Waals surface area contributed by atoms with Gasteiger partial charge in [-0.05, 0) is 17.9 Å². The Morgan fingerprint density at radius 3 is 2.47 bits per heavy atom. The lowest BCUT2D eigenvalue weighted by Crippen LogP contribution is -2.18. The minimum absolute atomic E-state index is 0.160. The highest BCUT2D eigenvalue weighted by Crippen LogP contribution is 2.28. The van der Waals surface area contributed by atoms with Crippen LogP contribution in [0.1, 0.15) is 36.7 Å². The van der Waals surface area contributed by atoms with Crippen LogP contribution in [0.15, 0.2) is 12.1 Å². The molecular weight excluding hydrogens is 250 g/mol. The summed E-state index contributed by atoms with van der Waals surface area (Å²) in [5, 5.41) is 20.5. The lowest BCUT2D eigenvalue weighted by atomic mass is 9.98. The standard InChI is InChI=1S/C13H17NO5/c1-8-5-9(14(17)18)6-10(11(8)15)12(16)19-7-13(2,3)4/h5-6,15H,7H2,1-4H3. The van der Waals surface area contributed by atoms with Crippen LogP contribution in [0.3, 0.4) is 0 Å². The van der Waals surface area contributed by atoms with Gasteiger partial charge in [0.15, 0.2) is 0 Å². The fourth-order valence-electron chi connectivity index (χ4n) is 1.38. The lowest BCUT2D eigenvalue weighted by Gasteiger charge is -2.18. The SMILES string of the molecule is Cc1cc([N+](=O)[O-])cc(C(=O)OCC(C)(C)C)c1O. The van der Waals surface area contributed by atoms with E-state index in [1.54, 1.807) is 0 Å². The Kier molecular flexibility index (Phi) is 4.14. The molecule has 0 radical (unpaired) electrons. The Hall–Kier alpha value is -2.11. The number of carbonyl (C=O) groups excluding carboxylic acids is 1. The van der Waals surface area contributed by atoms with Crippen molar-refractivity contribution in [2.75, 3.05) is 6.61 Å². The molecule has 6 nitrogen and oxygen atoms in total. The Morgan fingerprint density at radius 1 is 1.42 bits per heavy atom. The number of phenols is 1. The van der Waals surface area contributed by atoms with Crippen LogP contribution in [0, 0.1) is 22.5 Å². The zero-order valence-corrected chi connectivity index (χ0v) is 11.4. The second-order valence-corrected chi connectivity index (χ2v) is 5.55. The first kappa shape index (κ1) is 14.9. The summed E-state index contributed by atoms with van der Waals surface area (Å²) in [4.78, 5) is 21.9. The number of ether oxygens (including phenoxy) is 1. The molecule has 19 heavy (non-hydrogen) atoms. The number of hydrogen-bond acceptors (Lipinski definition) is 5. The third-order valence-corrected chi connectivity index (χ3v) is 2.35. The molecule has 0 aromatic heterocycles. The minimum Gasteiger partial charge on any atom is -0.507 e. The summed E-state index contributed by atoms with van der Waals surface area (Å²) in [6.45, 7) is 7.31. The fraction of sp³-hybridized carbons (Fsp3) is 0.462. The van der Waals surface area contributed by atoms with Gasteiger partial charge in [0.2, 0.25) is 0 Å². The number of carbonyl (C=O) groups is 1. The lowest BCUT2D eigenvalue weighted by molar-refractivity contribution is -0.385. The summed E-state index contributed by atoms with van der Waals surface area (Å²) >= 11 is 0. The molecule has 0 aliphatic heterocycles. The smallest absolute Gasteiger partial charge is 0.342 e. The van der Waals surface area contributed by atoms with Crippen LogP contribution in [0.2, 0.25) is 0 Å². The quantitative estimate of drug-likeness (QED) is 0.516. The molecule has 0 unspecified atom stereocenters. The van der Waals surface area contributed by atoms with E-state index in [0.29, 0.717) is 0 Å². The molecule has 0 aliphatic carbocycles. The molecule has 6 heteroatoms. The van der Waals surface area contributed by atoms with Crippen molar-refractivity contribution in [1.29, 1.82) is 0 Å². The number of aryl methyl sites for hydroxylation is 1. The minimum atomic E-state index is -0.765. The van der Waals surface area contributed by atoms with Crippen LogP contribution in [0.25, 0.3) is 0 Å². The largest absolute Gasteiger partial charge is 0.507 e. The van der Waals surface area contributed by atoms with Gasteiger partial charge in [-0.15, -0.1) is 0 Å². The number of nitrogens with zero attached hydrogens (tertiary/aromatic N) is 1. The van der Waals surface area contributed by atoms with Gasteiger partial charge >= 0.3 is 5.97 Å². The third kappa shape index (κ3) is 3.94. The maximum Gasteiger partial charge on any atom is 0.342 e. The van der Waals surface area contributed by atoms with Gasteiger partial charge in [0.1, 0.15) is 11.3 Å². The number of esters is 1. The molecule has 0 atom stereocenters. The van der Waals surface area contributed by atoms with E-state index < -0.39 is 10.9 Å². The number of aromatic hydroxyl groups is 1. The summed E-state index contributed by atoms with van der Waals surface area (Å²) in [6, 6.07) is 2.23. The maximum absolute atomic E-state index is 11.8. The van der Waals surface area contributed by atoms with Gasteiger partial charge in [-0.2, -0.15) is 0 Å². The van der Waals surface area contributed by atoms with E-state index in [1.807, 2.05) is 20.8 Å². The number of non-ortho nitro benzene ring substituents is 1. The van der Waals surface area contributed by atoms with Crippen molar-refractivity contribution >= 4 is 11.7 Å². The highest BCUT2D eigenvalue weighted by molar-refractivity contribution is 5.93. The van der Waals surface area contributed by atoms with Crippen molar-refractivity contribution < 1.29 is 19.6 Å². The normalized spacial score (nSPS) is 11.2. The highest BCUT2D eigenvalue weighted by Gasteiger charge is 2.22. The average molecular weight is 267 g/mol. The van der Waals surface area contributed by atoms with Crippen LogP contribution in [0.4, 0.5) is 5.69 Å². The van der Waals surface area contributed by atoms with Gasteiger partial charge in [0.25, 0.3) is 5.69 Å². The molecule has 0 bridgehead atoms. The van der Waals surface area contributed by atoms with Crippen LogP contribution in [-0.4, -0.2) is 22.6 Å². The molecular formula is C13H17NO5. The number of benzene rings is 1. The molecule has 0 spiro atoms. The summed E-state index contributed by atoms with van der Waals surface area (Å²) in [5.74, 6) is -1.05. The first-order valence-electron chi connectivity index (χ1n) is 5.77.